The van der Waals surface area contributed by atoms with Crippen molar-refractivity contribution in [3.05, 3.63) is 108 Å². The van der Waals surface area contributed by atoms with Crippen LogP contribution >= 0.6 is 0 Å². The second kappa shape index (κ2) is 11.1. The molecular formula is C34H32N10. The lowest BCUT2D eigenvalue weighted by atomic mass is 9.93. The molecule has 0 bridgehead atoms. The molecule has 1 N–H and O–H groups in total. The number of nitrogens with one attached hydrogen (secondary N) is 1. The Bertz CT molecular complexity index is 1820. The van der Waals surface area contributed by atoms with E-state index in [0.717, 1.165) is 71.9 Å². The third-order valence-corrected chi connectivity index (χ3v) is 8.76. The third-order valence-electron chi connectivity index (χ3n) is 8.76. The van der Waals surface area contributed by atoms with Crippen LogP contribution in [0.25, 0.3) is 40.0 Å². The first-order chi connectivity index (χ1) is 21.7. The zero-order chi connectivity index (χ0) is 29.5. The summed E-state index contributed by atoms with van der Waals surface area (Å²) >= 11 is 0. The number of benzene rings is 2. The van der Waals surface area contributed by atoms with Crippen LogP contribution in [-0.2, 0) is 6.54 Å². The minimum absolute atomic E-state index is 0.0230. The van der Waals surface area contributed by atoms with Gasteiger partial charge in [0.15, 0.2) is 6.17 Å². The monoisotopic (exact) mass is 580 g/mol. The smallest absolute Gasteiger partial charge is 0.201 e. The standard InChI is InChI=1S/C34H32N10/c1-42-34-28-19-27(24-5-3-2-4-6-24)31(38-29(28)13-18-44(34)22-37-42)25-9-7-23(8-10-25)21-43-16-11-26(12-17-43)32-39-33(41-40-32)30-20-35-14-15-36-30/h2-10,13-15,18-20,22,26,34H,11-12,16-17,21H2,1H3,(H,39,40,41). The second-order valence-electron chi connectivity index (χ2n) is 11.5. The van der Waals surface area contributed by atoms with Gasteiger partial charge in [-0.1, -0.05) is 54.6 Å². The highest BCUT2D eigenvalue weighted by Crippen LogP contribution is 2.40. The molecule has 3 aliphatic rings. The molecule has 0 spiro atoms. The molecule has 3 aromatic heterocycles. The number of hydrazone groups is 1. The van der Waals surface area contributed by atoms with Crippen LogP contribution in [0.15, 0.2) is 90.6 Å². The number of rotatable bonds is 6. The molecule has 1 unspecified atom stereocenters. The molecule has 1 atom stereocenters. The van der Waals surface area contributed by atoms with Gasteiger partial charge in [0, 0.05) is 54.8 Å². The molecule has 0 amide bonds. The van der Waals surface area contributed by atoms with Gasteiger partial charge in [0.1, 0.15) is 17.9 Å². The largest absolute Gasteiger partial charge is 0.311 e. The van der Waals surface area contributed by atoms with Gasteiger partial charge in [0.05, 0.1) is 17.6 Å². The maximum absolute atomic E-state index is 5.23. The summed E-state index contributed by atoms with van der Waals surface area (Å²) in [5.74, 6) is 1.92. The number of aromatic amines is 1. The molecule has 5 aromatic rings. The number of pyridine rings is 1. The van der Waals surface area contributed by atoms with Gasteiger partial charge in [-0.15, -0.1) is 0 Å². The van der Waals surface area contributed by atoms with Crippen LogP contribution in [0.1, 0.15) is 47.6 Å². The fraction of sp³-hybridized carbons (Fsp3) is 0.235. The summed E-state index contributed by atoms with van der Waals surface area (Å²) in [4.78, 5) is 23.0. The molecule has 0 aliphatic carbocycles. The van der Waals surface area contributed by atoms with Crippen molar-refractivity contribution in [1.82, 2.24) is 44.9 Å². The highest BCUT2D eigenvalue weighted by atomic mass is 15.6. The van der Waals surface area contributed by atoms with Crippen LogP contribution in [0.2, 0.25) is 0 Å². The van der Waals surface area contributed by atoms with Gasteiger partial charge in [-0.3, -0.25) is 20.0 Å². The zero-order valence-electron chi connectivity index (χ0n) is 24.5. The average Bonchev–Trinajstić information content (AvgIpc) is 3.73. The Balaban J connectivity index is 0.987. The van der Waals surface area contributed by atoms with Crippen molar-refractivity contribution in [2.75, 3.05) is 20.1 Å². The molecule has 2 aromatic carbocycles. The lowest BCUT2D eigenvalue weighted by molar-refractivity contribution is 0.195. The average molecular weight is 581 g/mol. The second-order valence-corrected chi connectivity index (χ2v) is 11.5. The molecule has 0 saturated carbocycles. The molecule has 218 valence electrons. The van der Waals surface area contributed by atoms with Gasteiger partial charge < -0.3 is 4.90 Å². The maximum atomic E-state index is 5.23. The maximum Gasteiger partial charge on any atom is 0.201 e. The number of hydrogen-bond donors (Lipinski definition) is 1. The number of nitrogens with zero attached hydrogens (tertiary/aromatic N) is 9. The van der Waals surface area contributed by atoms with Crippen molar-refractivity contribution < 1.29 is 0 Å². The van der Waals surface area contributed by atoms with Crippen molar-refractivity contribution in [3.8, 4) is 33.9 Å². The van der Waals surface area contributed by atoms with E-state index in [4.69, 9.17) is 9.97 Å². The van der Waals surface area contributed by atoms with Gasteiger partial charge in [-0.25, -0.2) is 15.0 Å². The summed E-state index contributed by atoms with van der Waals surface area (Å²) < 4.78 is 0. The highest BCUT2D eigenvalue weighted by molar-refractivity contribution is 5.83. The van der Waals surface area contributed by atoms with Crippen LogP contribution in [0.4, 0.5) is 0 Å². The minimum Gasteiger partial charge on any atom is -0.311 e. The van der Waals surface area contributed by atoms with Gasteiger partial charge >= 0.3 is 0 Å². The summed E-state index contributed by atoms with van der Waals surface area (Å²) in [5.41, 5.74) is 8.53. The van der Waals surface area contributed by atoms with Gasteiger partial charge in [-0.2, -0.15) is 10.2 Å². The summed E-state index contributed by atoms with van der Waals surface area (Å²) in [7, 11) is 2.01. The predicted octanol–water partition coefficient (Wildman–Crippen LogP) is 5.54. The van der Waals surface area contributed by atoms with E-state index in [1.807, 2.05) is 18.4 Å². The molecule has 10 heteroatoms. The number of aromatic nitrogens is 6. The van der Waals surface area contributed by atoms with E-state index in [-0.39, 0.29) is 6.17 Å². The van der Waals surface area contributed by atoms with Crippen LogP contribution < -0.4 is 0 Å². The number of hydrogen-bond acceptors (Lipinski definition) is 9. The van der Waals surface area contributed by atoms with E-state index in [9.17, 15) is 0 Å². The summed E-state index contributed by atoms with van der Waals surface area (Å²) in [5, 5.41) is 14.0. The molecule has 8 rings (SSSR count). The first-order valence-corrected chi connectivity index (χ1v) is 15.0. The molecule has 1 saturated heterocycles. The first kappa shape index (κ1) is 26.4. The molecule has 44 heavy (non-hydrogen) atoms. The molecule has 3 aliphatic heterocycles. The fourth-order valence-corrected chi connectivity index (χ4v) is 6.42. The first-order valence-electron chi connectivity index (χ1n) is 15.0. The van der Waals surface area contributed by atoms with Gasteiger partial charge in [-0.05, 0) is 49.2 Å². The van der Waals surface area contributed by atoms with E-state index >= 15 is 0 Å². The normalized spacial score (nSPS) is 18.1. The van der Waals surface area contributed by atoms with Crippen LogP contribution in [0.5, 0.6) is 0 Å². The van der Waals surface area contributed by atoms with E-state index in [0.29, 0.717) is 17.4 Å². The van der Waals surface area contributed by atoms with Gasteiger partial charge in [0.2, 0.25) is 5.82 Å². The Morgan fingerprint density at radius 3 is 2.57 bits per heavy atom. The summed E-state index contributed by atoms with van der Waals surface area (Å²) in [6.07, 6.45) is 13.1. The SMILES string of the molecule is CN1N=CN2C=Cc3nc(-c4ccc(CN5CCC(c6nc(-c7cnccn7)n[nH]6)CC5)cc4)c(-c4ccccc4)cc3C21. The number of fused-ring (bicyclic) bond motifs is 3. The van der Waals surface area contributed by atoms with Crippen LogP contribution in [0, 0.1) is 0 Å². The van der Waals surface area contributed by atoms with E-state index in [1.165, 1.54) is 5.56 Å². The number of likely N-dealkylation sites (tertiary alicyclic amines) is 1. The Hall–Kier alpha value is -5.22. The molecule has 0 radical (unpaired) electrons. The summed E-state index contributed by atoms with van der Waals surface area (Å²) in [6.45, 7) is 2.95. The lowest BCUT2D eigenvalue weighted by Crippen LogP contribution is -2.32. The molecule has 6 heterocycles. The van der Waals surface area contributed by atoms with Crippen LogP contribution in [-0.4, -0.2) is 71.4 Å². The quantitative estimate of drug-likeness (QED) is 0.279. The van der Waals surface area contributed by atoms with Crippen molar-refractivity contribution in [3.63, 3.8) is 0 Å². The Morgan fingerprint density at radius 2 is 1.77 bits per heavy atom. The fourth-order valence-electron chi connectivity index (χ4n) is 6.42. The molecule has 1 fully saturated rings. The Kier molecular flexibility index (Phi) is 6.68. The van der Waals surface area contributed by atoms with Crippen LogP contribution in [0.3, 0.4) is 0 Å². The van der Waals surface area contributed by atoms with E-state index in [1.54, 1.807) is 18.6 Å². The molecular weight excluding hydrogens is 548 g/mol. The Morgan fingerprint density at radius 1 is 0.932 bits per heavy atom. The van der Waals surface area contributed by atoms with E-state index < -0.39 is 0 Å². The minimum atomic E-state index is 0.0230. The predicted molar refractivity (Wildman–Crippen MR) is 170 cm³/mol. The highest BCUT2D eigenvalue weighted by Gasteiger charge is 2.32. The third kappa shape index (κ3) is 4.92. The van der Waals surface area contributed by atoms with Crippen molar-refractivity contribution in [1.29, 1.82) is 0 Å². The lowest BCUT2D eigenvalue weighted by Gasteiger charge is -2.31. The number of piperidine rings is 1. The van der Waals surface area contributed by atoms with E-state index in [2.05, 4.69) is 108 Å². The van der Waals surface area contributed by atoms with Gasteiger partial charge in [0.25, 0.3) is 0 Å². The Labute approximate surface area is 255 Å². The van der Waals surface area contributed by atoms with Crippen molar-refractivity contribution in [2.45, 2.75) is 31.5 Å². The zero-order valence-corrected chi connectivity index (χ0v) is 24.5. The van der Waals surface area contributed by atoms with Crippen molar-refractivity contribution in [2.24, 2.45) is 5.10 Å². The summed E-state index contributed by atoms with van der Waals surface area (Å²) in [6, 6.07) is 21.8. The topological polar surface area (TPSA) is 102 Å². The molecule has 10 nitrogen and oxygen atoms in total. The number of H-pyrrole nitrogens is 1. The van der Waals surface area contributed by atoms with Crippen molar-refractivity contribution >= 4 is 12.4 Å².